The zero-order chi connectivity index (χ0) is 12.4. The van der Waals surface area contributed by atoms with Crippen LogP contribution in [0.2, 0.25) is 0 Å². The van der Waals surface area contributed by atoms with Crippen LogP contribution in [0.5, 0.6) is 0 Å². The molecule has 2 N–H and O–H groups in total. The normalized spacial score (nSPS) is 9.94. The van der Waals surface area contributed by atoms with Gasteiger partial charge >= 0.3 is 0 Å². The molecule has 0 radical (unpaired) electrons. The van der Waals surface area contributed by atoms with E-state index in [0.29, 0.717) is 11.4 Å². The molecule has 0 aliphatic rings. The van der Waals surface area contributed by atoms with Gasteiger partial charge in [-0.05, 0) is 37.1 Å². The fourth-order valence-corrected chi connectivity index (χ4v) is 1.60. The van der Waals surface area contributed by atoms with E-state index in [-0.39, 0.29) is 0 Å². The van der Waals surface area contributed by atoms with E-state index in [1.807, 2.05) is 26.0 Å². The highest BCUT2D eigenvalue weighted by Gasteiger charge is 2.09. The van der Waals surface area contributed by atoms with E-state index in [4.69, 9.17) is 11.0 Å². The molecule has 0 spiro atoms. The quantitative estimate of drug-likeness (QED) is 0.805. The maximum absolute atomic E-state index is 8.74. The van der Waals surface area contributed by atoms with Gasteiger partial charge in [-0.2, -0.15) is 5.26 Å². The minimum absolute atomic E-state index is 0.458. The van der Waals surface area contributed by atoms with Crippen molar-refractivity contribution in [2.75, 3.05) is 5.73 Å². The molecular weight excluding hydrogens is 212 g/mol. The van der Waals surface area contributed by atoms with Gasteiger partial charge < -0.3 is 5.73 Å². The SMILES string of the molecule is Cc1c(N)nnc(-c2ccc(C#N)cc2)c1C. The largest absolute Gasteiger partial charge is 0.382 e. The van der Waals surface area contributed by atoms with Gasteiger partial charge in [0, 0.05) is 5.56 Å². The summed E-state index contributed by atoms with van der Waals surface area (Å²) in [6.45, 7) is 3.89. The second-order valence-corrected chi connectivity index (χ2v) is 3.87. The minimum Gasteiger partial charge on any atom is -0.382 e. The molecule has 0 aliphatic carbocycles. The lowest BCUT2D eigenvalue weighted by molar-refractivity contribution is 1.01. The van der Waals surface area contributed by atoms with Crippen molar-refractivity contribution in [3.05, 3.63) is 41.0 Å². The van der Waals surface area contributed by atoms with Gasteiger partial charge in [-0.3, -0.25) is 0 Å². The van der Waals surface area contributed by atoms with Crippen LogP contribution in [0, 0.1) is 25.2 Å². The van der Waals surface area contributed by atoms with Crippen LogP contribution in [0.1, 0.15) is 16.7 Å². The molecule has 4 nitrogen and oxygen atoms in total. The van der Waals surface area contributed by atoms with E-state index in [1.165, 1.54) is 0 Å². The minimum atomic E-state index is 0.458. The average Bonchev–Trinajstić information content (AvgIpc) is 2.36. The zero-order valence-corrected chi connectivity index (χ0v) is 9.73. The monoisotopic (exact) mass is 224 g/mol. The zero-order valence-electron chi connectivity index (χ0n) is 9.73. The average molecular weight is 224 g/mol. The van der Waals surface area contributed by atoms with E-state index in [2.05, 4.69) is 16.3 Å². The van der Waals surface area contributed by atoms with Crippen LogP contribution < -0.4 is 5.73 Å². The number of aromatic nitrogens is 2. The Labute approximate surface area is 99.7 Å². The lowest BCUT2D eigenvalue weighted by Gasteiger charge is -2.08. The third-order valence-corrected chi connectivity index (χ3v) is 2.85. The van der Waals surface area contributed by atoms with Gasteiger partial charge in [-0.25, -0.2) is 0 Å². The second-order valence-electron chi connectivity index (χ2n) is 3.87. The smallest absolute Gasteiger partial charge is 0.149 e. The van der Waals surface area contributed by atoms with Gasteiger partial charge in [0.1, 0.15) is 5.82 Å². The number of benzene rings is 1. The molecule has 0 atom stereocenters. The molecule has 1 aromatic heterocycles. The van der Waals surface area contributed by atoms with Crippen LogP contribution in [-0.2, 0) is 0 Å². The fraction of sp³-hybridized carbons (Fsp3) is 0.154. The van der Waals surface area contributed by atoms with Crippen LogP contribution in [-0.4, -0.2) is 10.2 Å². The highest BCUT2D eigenvalue weighted by atomic mass is 15.1. The van der Waals surface area contributed by atoms with Gasteiger partial charge in [0.2, 0.25) is 0 Å². The molecule has 4 heteroatoms. The van der Waals surface area contributed by atoms with E-state index >= 15 is 0 Å². The summed E-state index contributed by atoms with van der Waals surface area (Å²) in [4.78, 5) is 0. The summed E-state index contributed by atoms with van der Waals surface area (Å²) < 4.78 is 0. The van der Waals surface area contributed by atoms with Crippen molar-refractivity contribution in [3.8, 4) is 17.3 Å². The summed E-state index contributed by atoms with van der Waals surface area (Å²) in [5.74, 6) is 0.458. The number of rotatable bonds is 1. The van der Waals surface area contributed by atoms with Crippen LogP contribution in [0.15, 0.2) is 24.3 Å². The number of nitrogen functional groups attached to an aromatic ring is 1. The third-order valence-electron chi connectivity index (χ3n) is 2.85. The van der Waals surface area contributed by atoms with Crippen molar-refractivity contribution in [3.63, 3.8) is 0 Å². The molecule has 84 valence electrons. The highest BCUT2D eigenvalue weighted by molar-refractivity contribution is 5.66. The number of anilines is 1. The highest BCUT2D eigenvalue weighted by Crippen LogP contribution is 2.24. The summed E-state index contributed by atoms with van der Waals surface area (Å²) in [6, 6.07) is 9.35. The van der Waals surface area contributed by atoms with Crippen molar-refractivity contribution >= 4 is 5.82 Å². The molecule has 0 amide bonds. The Morgan fingerprint density at radius 2 is 1.71 bits per heavy atom. The lowest BCUT2D eigenvalue weighted by atomic mass is 10.0. The summed E-state index contributed by atoms with van der Waals surface area (Å²) >= 11 is 0. The molecule has 0 saturated carbocycles. The van der Waals surface area contributed by atoms with Gasteiger partial charge in [0.15, 0.2) is 0 Å². The number of nitriles is 1. The van der Waals surface area contributed by atoms with Crippen LogP contribution in [0.25, 0.3) is 11.3 Å². The molecule has 0 aliphatic heterocycles. The molecule has 0 fully saturated rings. The molecule has 17 heavy (non-hydrogen) atoms. The first-order valence-electron chi connectivity index (χ1n) is 5.23. The van der Waals surface area contributed by atoms with E-state index < -0.39 is 0 Å². The number of nitrogens with two attached hydrogens (primary N) is 1. The molecule has 1 aromatic carbocycles. The van der Waals surface area contributed by atoms with Gasteiger partial charge in [0.25, 0.3) is 0 Å². The predicted molar refractivity (Wildman–Crippen MR) is 66.1 cm³/mol. The van der Waals surface area contributed by atoms with Crippen molar-refractivity contribution in [1.82, 2.24) is 10.2 Å². The molecule has 2 rings (SSSR count). The second kappa shape index (κ2) is 4.22. The van der Waals surface area contributed by atoms with Crippen molar-refractivity contribution < 1.29 is 0 Å². The summed E-state index contributed by atoms with van der Waals surface area (Å²) in [6.07, 6.45) is 0. The van der Waals surface area contributed by atoms with E-state index in [0.717, 1.165) is 22.4 Å². The molecule has 0 unspecified atom stereocenters. The number of nitrogens with zero attached hydrogens (tertiary/aromatic N) is 3. The number of hydrogen-bond donors (Lipinski definition) is 1. The van der Waals surface area contributed by atoms with Gasteiger partial charge in [-0.1, -0.05) is 12.1 Å². The molecular formula is C13H12N4. The molecule has 2 aromatic rings. The molecule has 0 saturated heterocycles. The Bertz CT molecular complexity index is 594. The standard InChI is InChI=1S/C13H12N4/c1-8-9(2)13(15)17-16-12(8)11-5-3-10(7-14)4-6-11/h3-6H,1-2H3,(H2,15,17). The van der Waals surface area contributed by atoms with Crippen LogP contribution in [0.4, 0.5) is 5.82 Å². The maximum atomic E-state index is 8.74. The first-order chi connectivity index (χ1) is 8.13. The third kappa shape index (κ3) is 1.95. The van der Waals surface area contributed by atoms with Gasteiger partial charge in [-0.15, -0.1) is 10.2 Å². The molecule has 1 heterocycles. The topological polar surface area (TPSA) is 75.6 Å². The molecule has 0 bridgehead atoms. The Morgan fingerprint density at radius 1 is 1.06 bits per heavy atom. The number of hydrogen-bond acceptors (Lipinski definition) is 4. The maximum Gasteiger partial charge on any atom is 0.149 e. The van der Waals surface area contributed by atoms with Crippen molar-refractivity contribution in [2.45, 2.75) is 13.8 Å². The van der Waals surface area contributed by atoms with Gasteiger partial charge in [0.05, 0.1) is 17.3 Å². The van der Waals surface area contributed by atoms with Crippen molar-refractivity contribution in [2.24, 2.45) is 0 Å². The van der Waals surface area contributed by atoms with Crippen molar-refractivity contribution in [1.29, 1.82) is 5.26 Å². The summed E-state index contributed by atoms with van der Waals surface area (Å²) in [7, 11) is 0. The van der Waals surface area contributed by atoms with E-state index in [1.54, 1.807) is 12.1 Å². The van der Waals surface area contributed by atoms with Crippen LogP contribution in [0.3, 0.4) is 0 Å². The summed E-state index contributed by atoms with van der Waals surface area (Å²) in [5.41, 5.74) is 10.0. The summed E-state index contributed by atoms with van der Waals surface area (Å²) in [5, 5.41) is 16.8. The predicted octanol–water partition coefficient (Wildman–Crippen LogP) is 2.21. The first kappa shape index (κ1) is 11.1. The van der Waals surface area contributed by atoms with E-state index in [9.17, 15) is 0 Å². The lowest BCUT2D eigenvalue weighted by Crippen LogP contribution is -2.01. The fourth-order valence-electron chi connectivity index (χ4n) is 1.60. The first-order valence-corrected chi connectivity index (χ1v) is 5.23. The Hall–Kier alpha value is -2.41. The Balaban J connectivity index is 2.54. The Kier molecular flexibility index (Phi) is 2.75. The van der Waals surface area contributed by atoms with Crippen LogP contribution >= 0.6 is 0 Å². The Morgan fingerprint density at radius 3 is 2.29 bits per heavy atom.